The fourth-order valence-electron chi connectivity index (χ4n) is 2.81. The lowest BCUT2D eigenvalue weighted by molar-refractivity contribution is 0.144. The Morgan fingerprint density at radius 3 is 2.90 bits per heavy atom. The first-order valence-corrected chi connectivity index (χ1v) is 7.06. The van der Waals surface area contributed by atoms with Crippen LogP contribution in [0.3, 0.4) is 0 Å². The molecule has 3 heterocycles. The predicted octanol–water partition coefficient (Wildman–Crippen LogP) is 0.609. The first kappa shape index (κ1) is 13.3. The van der Waals surface area contributed by atoms with Gasteiger partial charge in [-0.3, -0.25) is 9.58 Å². The summed E-state index contributed by atoms with van der Waals surface area (Å²) in [6, 6.07) is 0.323. The number of aromatic nitrogens is 4. The molecular weight excluding hydrogens is 252 g/mol. The zero-order valence-corrected chi connectivity index (χ0v) is 12.4. The second kappa shape index (κ2) is 5.38. The van der Waals surface area contributed by atoms with Crippen molar-refractivity contribution in [3.8, 4) is 0 Å². The Labute approximate surface area is 119 Å². The molecule has 1 unspecified atom stereocenters. The maximum atomic E-state index is 4.52. The van der Waals surface area contributed by atoms with Crippen molar-refractivity contribution in [2.24, 2.45) is 14.1 Å². The Hall–Kier alpha value is -1.66. The fourth-order valence-corrected chi connectivity index (χ4v) is 2.81. The van der Waals surface area contributed by atoms with Gasteiger partial charge in [-0.1, -0.05) is 0 Å². The van der Waals surface area contributed by atoms with E-state index in [1.54, 1.807) is 0 Å². The van der Waals surface area contributed by atoms with Gasteiger partial charge in [0.1, 0.15) is 5.82 Å². The Bertz CT molecular complexity index is 584. The molecule has 1 fully saturated rings. The van der Waals surface area contributed by atoms with Crippen molar-refractivity contribution < 1.29 is 0 Å². The number of piperazine rings is 1. The maximum Gasteiger partial charge on any atom is 0.127 e. The highest BCUT2D eigenvalue weighted by molar-refractivity contribution is 5.16. The van der Waals surface area contributed by atoms with E-state index in [2.05, 4.69) is 38.8 Å². The van der Waals surface area contributed by atoms with Crippen molar-refractivity contribution in [2.45, 2.75) is 19.5 Å². The van der Waals surface area contributed by atoms with Gasteiger partial charge < -0.3 is 9.88 Å². The van der Waals surface area contributed by atoms with Crippen LogP contribution in [0.4, 0.5) is 0 Å². The third kappa shape index (κ3) is 2.36. The minimum absolute atomic E-state index is 0.323. The second-order valence-corrected chi connectivity index (χ2v) is 5.47. The van der Waals surface area contributed by atoms with E-state index < -0.39 is 0 Å². The van der Waals surface area contributed by atoms with Gasteiger partial charge in [-0.05, 0) is 6.92 Å². The third-order valence-corrected chi connectivity index (χ3v) is 4.22. The number of aryl methyl sites for hydroxylation is 2. The van der Waals surface area contributed by atoms with Crippen molar-refractivity contribution in [1.82, 2.24) is 29.5 Å². The van der Waals surface area contributed by atoms with Gasteiger partial charge in [-0.15, -0.1) is 0 Å². The van der Waals surface area contributed by atoms with Crippen LogP contribution in [-0.2, 0) is 20.6 Å². The molecule has 0 saturated carbocycles. The first-order valence-electron chi connectivity index (χ1n) is 7.06. The summed E-state index contributed by atoms with van der Waals surface area (Å²) >= 11 is 0. The monoisotopic (exact) mass is 274 g/mol. The van der Waals surface area contributed by atoms with Crippen molar-refractivity contribution in [1.29, 1.82) is 0 Å². The number of nitrogens with one attached hydrogen (secondary N) is 1. The molecule has 2 aromatic rings. The molecule has 6 nitrogen and oxygen atoms in total. The van der Waals surface area contributed by atoms with E-state index in [0.717, 1.165) is 32.0 Å². The molecule has 1 saturated heterocycles. The van der Waals surface area contributed by atoms with Gasteiger partial charge in [-0.2, -0.15) is 5.10 Å². The van der Waals surface area contributed by atoms with Crippen LogP contribution in [0.1, 0.15) is 23.1 Å². The normalized spacial score (nSPS) is 20.4. The molecule has 0 bridgehead atoms. The summed E-state index contributed by atoms with van der Waals surface area (Å²) in [4.78, 5) is 7.01. The average molecular weight is 274 g/mol. The van der Waals surface area contributed by atoms with Gasteiger partial charge in [0.25, 0.3) is 0 Å². The number of hydrogen-bond donors (Lipinski definition) is 1. The van der Waals surface area contributed by atoms with E-state index in [9.17, 15) is 0 Å². The van der Waals surface area contributed by atoms with Crippen molar-refractivity contribution in [2.75, 3.05) is 19.6 Å². The lowest BCUT2D eigenvalue weighted by atomic mass is 10.1. The van der Waals surface area contributed by atoms with Gasteiger partial charge in [0, 0.05) is 63.9 Å². The van der Waals surface area contributed by atoms with Crippen LogP contribution in [0.2, 0.25) is 0 Å². The van der Waals surface area contributed by atoms with Gasteiger partial charge in [0.05, 0.1) is 12.2 Å². The fraction of sp³-hybridized carbons (Fsp3) is 0.571. The van der Waals surface area contributed by atoms with Gasteiger partial charge >= 0.3 is 0 Å². The minimum atomic E-state index is 0.323. The number of imidazole rings is 1. The Balaban J connectivity index is 1.83. The molecule has 1 atom stereocenters. The van der Waals surface area contributed by atoms with Crippen LogP contribution >= 0.6 is 0 Å². The highest BCUT2D eigenvalue weighted by atomic mass is 15.3. The largest absolute Gasteiger partial charge is 0.337 e. The summed E-state index contributed by atoms with van der Waals surface area (Å²) in [7, 11) is 4.05. The molecule has 2 aromatic heterocycles. The van der Waals surface area contributed by atoms with Crippen LogP contribution in [0.5, 0.6) is 0 Å². The van der Waals surface area contributed by atoms with E-state index in [4.69, 9.17) is 0 Å². The molecule has 1 aliphatic heterocycles. The first-order chi connectivity index (χ1) is 9.66. The van der Waals surface area contributed by atoms with Crippen LogP contribution in [-0.4, -0.2) is 43.9 Å². The summed E-state index contributed by atoms with van der Waals surface area (Å²) in [5.74, 6) is 1.12. The molecule has 1 N–H and O–H groups in total. The zero-order valence-electron chi connectivity index (χ0n) is 12.4. The van der Waals surface area contributed by atoms with Crippen LogP contribution in [0, 0.1) is 6.92 Å². The van der Waals surface area contributed by atoms with Crippen molar-refractivity contribution in [3.05, 3.63) is 35.7 Å². The molecule has 0 radical (unpaired) electrons. The molecule has 6 heteroatoms. The lowest BCUT2D eigenvalue weighted by Crippen LogP contribution is -2.46. The number of hydrogen-bond acceptors (Lipinski definition) is 4. The molecule has 0 spiro atoms. The maximum absolute atomic E-state index is 4.52. The minimum Gasteiger partial charge on any atom is -0.337 e. The van der Waals surface area contributed by atoms with Gasteiger partial charge in [0.2, 0.25) is 0 Å². The SMILES string of the molecule is Cc1c(CN2CCNCC2c2nccn2C)cnn1C. The van der Waals surface area contributed by atoms with Crippen molar-refractivity contribution >= 4 is 0 Å². The Morgan fingerprint density at radius 1 is 1.40 bits per heavy atom. The average Bonchev–Trinajstić information content (AvgIpc) is 3.00. The Morgan fingerprint density at radius 2 is 2.25 bits per heavy atom. The molecule has 108 valence electrons. The summed E-state index contributed by atoms with van der Waals surface area (Å²) in [6.07, 6.45) is 5.86. The van der Waals surface area contributed by atoms with E-state index in [-0.39, 0.29) is 0 Å². The van der Waals surface area contributed by atoms with E-state index in [0.29, 0.717) is 6.04 Å². The molecule has 1 aliphatic rings. The van der Waals surface area contributed by atoms with E-state index in [1.165, 1.54) is 11.3 Å². The summed E-state index contributed by atoms with van der Waals surface area (Å²) < 4.78 is 4.05. The second-order valence-electron chi connectivity index (χ2n) is 5.47. The standard InChI is InChI=1S/C14H22N6/c1-11-12(8-17-19(11)3)10-20-7-4-15-9-13(20)14-16-5-6-18(14)2/h5-6,8,13,15H,4,7,9-10H2,1-3H3. The third-order valence-electron chi connectivity index (χ3n) is 4.22. The smallest absolute Gasteiger partial charge is 0.127 e. The predicted molar refractivity (Wildman–Crippen MR) is 77.2 cm³/mol. The number of nitrogens with zero attached hydrogens (tertiary/aromatic N) is 5. The zero-order chi connectivity index (χ0) is 14.1. The molecule has 20 heavy (non-hydrogen) atoms. The summed E-state index contributed by atoms with van der Waals surface area (Å²) in [5, 5.41) is 7.81. The molecular formula is C14H22N6. The van der Waals surface area contributed by atoms with E-state index >= 15 is 0 Å². The topological polar surface area (TPSA) is 50.9 Å². The van der Waals surface area contributed by atoms with E-state index in [1.807, 2.05) is 30.3 Å². The van der Waals surface area contributed by atoms with Gasteiger partial charge in [0.15, 0.2) is 0 Å². The lowest BCUT2D eigenvalue weighted by Gasteiger charge is -2.35. The van der Waals surface area contributed by atoms with Crippen molar-refractivity contribution in [3.63, 3.8) is 0 Å². The van der Waals surface area contributed by atoms with Gasteiger partial charge in [-0.25, -0.2) is 4.98 Å². The molecule has 0 aliphatic carbocycles. The highest BCUT2D eigenvalue weighted by Gasteiger charge is 2.27. The summed E-state index contributed by atoms with van der Waals surface area (Å²) in [5.41, 5.74) is 2.54. The number of rotatable bonds is 3. The quantitative estimate of drug-likeness (QED) is 0.891. The molecule has 0 amide bonds. The summed E-state index contributed by atoms with van der Waals surface area (Å²) in [6.45, 7) is 6.06. The Kier molecular flexibility index (Phi) is 3.58. The highest BCUT2D eigenvalue weighted by Crippen LogP contribution is 2.23. The molecule has 3 rings (SSSR count). The molecule has 0 aromatic carbocycles. The van der Waals surface area contributed by atoms with Crippen LogP contribution in [0.25, 0.3) is 0 Å². The van der Waals surface area contributed by atoms with Crippen LogP contribution in [0.15, 0.2) is 18.6 Å². The van der Waals surface area contributed by atoms with Crippen LogP contribution < -0.4 is 5.32 Å².